The molecule has 4 aromatic rings. The lowest BCUT2D eigenvalue weighted by atomic mass is 10.2. The lowest BCUT2D eigenvalue weighted by Gasteiger charge is -2.28. The number of amides is 1. The van der Waals surface area contributed by atoms with E-state index in [0.29, 0.717) is 6.42 Å². The monoisotopic (exact) mass is 477 g/mol. The molecule has 33 heavy (non-hydrogen) atoms. The van der Waals surface area contributed by atoms with Crippen molar-refractivity contribution in [3.8, 4) is 5.69 Å². The molecule has 1 amide bonds. The van der Waals surface area contributed by atoms with Crippen LogP contribution in [0.5, 0.6) is 0 Å². The number of para-hydroxylation sites is 4. The molecule has 1 aliphatic rings. The van der Waals surface area contributed by atoms with Gasteiger partial charge in [0, 0.05) is 11.4 Å². The van der Waals surface area contributed by atoms with Crippen molar-refractivity contribution >= 4 is 44.2 Å². The molecule has 1 saturated heterocycles. The second-order valence-electron chi connectivity index (χ2n) is 8.00. The summed E-state index contributed by atoms with van der Waals surface area (Å²) in [5.41, 5.74) is 3.53. The minimum atomic E-state index is -3.13. The Morgan fingerprint density at radius 3 is 2.33 bits per heavy atom. The van der Waals surface area contributed by atoms with E-state index in [9.17, 15) is 13.2 Å². The van der Waals surface area contributed by atoms with E-state index < -0.39 is 9.84 Å². The molecule has 1 unspecified atom stereocenters. The van der Waals surface area contributed by atoms with Gasteiger partial charge in [0.1, 0.15) is 0 Å². The number of hydrogen-bond acceptors (Lipinski definition) is 5. The standard InChI is InChI=1S/C25H23N3O3S2/c29-24(27(19-9-3-1-4-10-19)21-15-16-33(30,31)18-21)17-32-25-26-22-13-7-8-14-23(22)28(25)20-11-5-2-6-12-20/h1-14,21H,15-18H2. The van der Waals surface area contributed by atoms with Gasteiger partial charge in [-0.15, -0.1) is 0 Å². The van der Waals surface area contributed by atoms with Crippen LogP contribution < -0.4 is 4.90 Å². The van der Waals surface area contributed by atoms with E-state index in [1.807, 2.05) is 84.9 Å². The Labute approximate surface area is 197 Å². The molecule has 0 bridgehead atoms. The first-order chi connectivity index (χ1) is 16.0. The lowest BCUT2D eigenvalue weighted by Crippen LogP contribution is -2.42. The van der Waals surface area contributed by atoms with E-state index in [1.165, 1.54) is 11.8 Å². The van der Waals surface area contributed by atoms with Crippen molar-refractivity contribution in [2.45, 2.75) is 17.6 Å². The smallest absolute Gasteiger partial charge is 0.237 e. The lowest BCUT2D eigenvalue weighted by molar-refractivity contribution is -0.116. The van der Waals surface area contributed by atoms with Gasteiger partial charge in [0.15, 0.2) is 15.0 Å². The zero-order valence-corrected chi connectivity index (χ0v) is 19.5. The normalized spacial score (nSPS) is 17.3. The summed E-state index contributed by atoms with van der Waals surface area (Å²) in [6, 6.07) is 26.8. The third-order valence-corrected chi connectivity index (χ3v) is 8.42. The number of benzene rings is 3. The highest BCUT2D eigenvalue weighted by atomic mass is 32.2. The van der Waals surface area contributed by atoms with Gasteiger partial charge < -0.3 is 4.90 Å². The number of imidazole rings is 1. The summed E-state index contributed by atoms with van der Waals surface area (Å²) in [5.74, 6) is 0.146. The van der Waals surface area contributed by atoms with Gasteiger partial charge in [0.25, 0.3) is 0 Å². The summed E-state index contributed by atoms with van der Waals surface area (Å²) >= 11 is 1.37. The van der Waals surface area contributed by atoms with Crippen molar-refractivity contribution in [2.24, 2.45) is 0 Å². The van der Waals surface area contributed by atoms with Crippen molar-refractivity contribution < 1.29 is 13.2 Å². The predicted octanol–water partition coefficient (Wildman–Crippen LogP) is 4.34. The molecule has 0 radical (unpaired) electrons. The van der Waals surface area contributed by atoms with Crippen LogP contribution in [0.1, 0.15) is 6.42 Å². The zero-order chi connectivity index (χ0) is 22.8. The van der Waals surface area contributed by atoms with Crippen LogP contribution in [0.25, 0.3) is 16.7 Å². The second kappa shape index (κ2) is 9.03. The number of hydrogen-bond donors (Lipinski definition) is 0. The molecule has 1 atom stereocenters. The molecule has 5 rings (SSSR count). The quantitative estimate of drug-likeness (QED) is 0.387. The van der Waals surface area contributed by atoms with Crippen LogP contribution in [0.15, 0.2) is 90.1 Å². The first-order valence-corrected chi connectivity index (χ1v) is 13.6. The van der Waals surface area contributed by atoms with Crippen molar-refractivity contribution in [1.29, 1.82) is 0 Å². The summed E-state index contributed by atoms with van der Waals surface area (Å²) < 4.78 is 26.3. The summed E-state index contributed by atoms with van der Waals surface area (Å²) in [5, 5.41) is 0.725. The van der Waals surface area contributed by atoms with Crippen LogP contribution in [-0.2, 0) is 14.6 Å². The average molecular weight is 478 g/mol. The zero-order valence-electron chi connectivity index (χ0n) is 17.9. The topological polar surface area (TPSA) is 72.3 Å². The molecule has 0 N–H and O–H groups in total. The maximum atomic E-state index is 13.5. The Kier molecular flexibility index (Phi) is 5.95. The van der Waals surface area contributed by atoms with Crippen LogP contribution in [0.2, 0.25) is 0 Å². The number of aromatic nitrogens is 2. The molecule has 1 fully saturated rings. The summed E-state index contributed by atoms with van der Waals surface area (Å²) in [6.07, 6.45) is 0.455. The number of fused-ring (bicyclic) bond motifs is 1. The number of carbonyl (C=O) groups is 1. The SMILES string of the molecule is O=C(CSc1nc2ccccc2n1-c1ccccc1)N(c1ccccc1)C1CCS(=O)(=O)C1. The molecule has 8 heteroatoms. The number of anilines is 1. The van der Waals surface area contributed by atoms with E-state index in [4.69, 9.17) is 4.98 Å². The van der Waals surface area contributed by atoms with Gasteiger partial charge in [0.2, 0.25) is 5.91 Å². The van der Waals surface area contributed by atoms with Gasteiger partial charge in [-0.3, -0.25) is 9.36 Å². The van der Waals surface area contributed by atoms with E-state index in [0.717, 1.165) is 27.6 Å². The highest BCUT2D eigenvalue weighted by Gasteiger charge is 2.35. The molecular formula is C25H23N3O3S2. The maximum absolute atomic E-state index is 13.5. The first kappa shape index (κ1) is 21.7. The van der Waals surface area contributed by atoms with Crippen molar-refractivity contribution in [2.75, 3.05) is 22.2 Å². The first-order valence-electron chi connectivity index (χ1n) is 10.7. The minimum Gasteiger partial charge on any atom is -0.308 e. The van der Waals surface area contributed by atoms with Crippen LogP contribution in [0.3, 0.4) is 0 Å². The average Bonchev–Trinajstić information content (AvgIpc) is 3.38. The molecule has 1 aliphatic heterocycles. The third-order valence-electron chi connectivity index (χ3n) is 5.75. The van der Waals surface area contributed by atoms with Gasteiger partial charge >= 0.3 is 0 Å². The Hall–Kier alpha value is -3.10. The Balaban J connectivity index is 1.45. The molecule has 3 aromatic carbocycles. The molecule has 0 spiro atoms. The highest BCUT2D eigenvalue weighted by Crippen LogP contribution is 2.30. The third kappa shape index (κ3) is 4.54. The molecule has 168 valence electrons. The van der Waals surface area contributed by atoms with Crippen LogP contribution in [-0.4, -0.2) is 47.2 Å². The van der Waals surface area contributed by atoms with Crippen LogP contribution in [0.4, 0.5) is 5.69 Å². The van der Waals surface area contributed by atoms with E-state index in [-0.39, 0.29) is 29.2 Å². The van der Waals surface area contributed by atoms with Crippen molar-refractivity contribution in [3.63, 3.8) is 0 Å². The van der Waals surface area contributed by atoms with Gasteiger partial charge in [-0.05, 0) is 42.8 Å². The molecule has 2 heterocycles. The fourth-order valence-electron chi connectivity index (χ4n) is 4.25. The summed E-state index contributed by atoms with van der Waals surface area (Å²) in [6.45, 7) is 0. The van der Waals surface area contributed by atoms with Gasteiger partial charge in [-0.2, -0.15) is 0 Å². The van der Waals surface area contributed by atoms with E-state index in [2.05, 4.69) is 4.57 Å². The van der Waals surface area contributed by atoms with Gasteiger partial charge in [0.05, 0.1) is 34.3 Å². The minimum absolute atomic E-state index is 0.000822. The van der Waals surface area contributed by atoms with E-state index in [1.54, 1.807) is 4.90 Å². The largest absolute Gasteiger partial charge is 0.308 e. The second-order valence-corrected chi connectivity index (χ2v) is 11.2. The fourth-order valence-corrected chi connectivity index (χ4v) is 6.84. The Morgan fingerprint density at radius 2 is 1.64 bits per heavy atom. The molecule has 1 aromatic heterocycles. The number of sulfone groups is 1. The highest BCUT2D eigenvalue weighted by molar-refractivity contribution is 7.99. The van der Waals surface area contributed by atoms with Crippen molar-refractivity contribution in [1.82, 2.24) is 9.55 Å². The van der Waals surface area contributed by atoms with E-state index >= 15 is 0 Å². The predicted molar refractivity (Wildman–Crippen MR) is 133 cm³/mol. The summed E-state index contributed by atoms with van der Waals surface area (Å²) in [4.78, 5) is 19.9. The Bertz CT molecular complexity index is 1390. The number of thioether (sulfide) groups is 1. The van der Waals surface area contributed by atoms with Crippen molar-refractivity contribution in [3.05, 3.63) is 84.9 Å². The van der Waals surface area contributed by atoms with Crippen LogP contribution in [0, 0.1) is 0 Å². The van der Waals surface area contributed by atoms with Gasteiger partial charge in [-0.1, -0.05) is 60.3 Å². The molecule has 0 aliphatic carbocycles. The molecule has 0 saturated carbocycles. The number of rotatable bonds is 6. The molecule has 6 nitrogen and oxygen atoms in total. The Morgan fingerprint density at radius 1 is 0.970 bits per heavy atom. The number of carbonyl (C=O) groups excluding carboxylic acids is 1. The van der Waals surface area contributed by atoms with Gasteiger partial charge in [-0.25, -0.2) is 13.4 Å². The summed E-state index contributed by atoms with van der Waals surface area (Å²) in [7, 11) is -3.13. The fraction of sp³-hybridized carbons (Fsp3) is 0.200. The van der Waals surface area contributed by atoms with Crippen LogP contribution >= 0.6 is 11.8 Å². The molecular weight excluding hydrogens is 454 g/mol. The number of nitrogens with zero attached hydrogens (tertiary/aromatic N) is 3. The maximum Gasteiger partial charge on any atom is 0.237 e.